The van der Waals surface area contributed by atoms with Gasteiger partial charge in [0.05, 0.1) is 0 Å². The Morgan fingerprint density at radius 1 is 1.78 bits per heavy atom. The van der Waals surface area contributed by atoms with Crippen LogP contribution in [0.2, 0.25) is 0 Å². The molecule has 2 N–H and O–H groups in total. The summed E-state index contributed by atoms with van der Waals surface area (Å²) in [4.78, 5) is 9.89. The Morgan fingerprint density at radius 3 is 3.22 bits per heavy atom. The summed E-state index contributed by atoms with van der Waals surface area (Å²) < 4.78 is 0. The van der Waals surface area contributed by atoms with Crippen molar-refractivity contribution in [2.75, 3.05) is 6.54 Å². The second-order valence-electron chi connectivity index (χ2n) is 1.99. The van der Waals surface area contributed by atoms with Crippen LogP contribution in [0.4, 0.5) is 0 Å². The van der Waals surface area contributed by atoms with Crippen LogP contribution in [0.3, 0.4) is 0 Å². The van der Waals surface area contributed by atoms with Gasteiger partial charge in [0.25, 0.3) is 0 Å². The Bertz CT molecular complexity index is 131. The van der Waals surface area contributed by atoms with Crippen molar-refractivity contribution in [2.24, 2.45) is 0 Å². The Balaban J connectivity index is 2.36. The molecule has 3 nitrogen and oxygen atoms in total. The van der Waals surface area contributed by atoms with Crippen LogP contribution in [0.25, 0.3) is 0 Å². The minimum atomic E-state index is 0.707. The molecule has 0 fully saturated rings. The normalized spacial score (nSPS) is 17.6. The van der Waals surface area contributed by atoms with Crippen LogP contribution in [-0.4, -0.2) is 13.0 Å². The molecular formula is C6H10N2O. The molecule has 1 aliphatic heterocycles. The van der Waals surface area contributed by atoms with Gasteiger partial charge in [-0.05, 0) is 12.8 Å². The van der Waals surface area contributed by atoms with E-state index in [9.17, 15) is 4.79 Å². The van der Waals surface area contributed by atoms with E-state index in [1.807, 2.05) is 6.20 Å². The standard InChI is InChI=1S/C6H10N2O/c9-5-8-6-2-1-3-7-4-6/h4-5,7H,1-3H2,(H,8,9). The van der Waals surface area contributed by atoms with E-state index >= 15 is 0 Å². The van der Waals surface area contributed by atoms with Gasteiger partial charge in [-0.25, -0.2) is 0 Å². The summed E-state index contributed by atoms with van der Waals surface area (Å²) in [6.45, 7) is 1.02. The number of amides is 1. The molecule has 1 aliphatic rings. The van der Waals surface area contributed by atoms with Crippen molar-refractivity contribution in [3.05, 3.63) is 11.9 Å². The van der Waals surface area contributed by atoms with Crippen LogP contribution in [0.5, 0.6) is 0 Å². The van der Waals surface area contributed by atoms with Crippen molar-refractivity contribution in [1.82, 2.24) is 10.6 Å². The largest absolute Gasteiger partial charge is 0.389 e. The maximum atomic E-state index is 9.89. The lowest BCUT2D eigenvalue weighted by atomic mass is 10.2. The first kappa shape index (κ1) is 6.13. The molecule has 50 valence electrons. The monoisotopic (exact) mass is 126 g/mol. The van der Waals surface area contributed by atoms with E-state index in [-0.39, 0.29) is 0 Å². The van der Waals surface area contributed by atoms with Gasteiger partial charge in [-0.1, -0.05) is 0 Å². The number of rotatable bonds is 2. The third-order valence-corrected chi connectivity index (χ3v) is 1.29. The average Bonchev–Trinajstić information content (AvgIpc) is 1.91. The fraction of sp³-hybridized carbons (Fsp3) is 0.500. The quantitative estimate of drug-likeness (QED) is 0.510. The number of nitrogens with one attached hydrogen (secondary N) is 2. The lowest BCUT2D eigenvalue weighted by Gasteiger charge is -2.11. The predicted octanol–water partition coefficient (Wildman–Crippen LogP) is -0.0428. The highest BCUT2D eigenvalue weighted by Crippen LogP contribution is 2.02. The molecule has 0 unspecified atom stereocenters. The van der Waals surface area contributed by atoms with Crippen LogP contribution in [0, 0.1) is 0 Å². The van der Waals surface area contributed by atoms with Gasteiger partial charge in [-0.2, -0.15) is 0 Å². The average molecular weight is 126 g/mol. The molecule has 0 bridgehead atoms. The van der Waals surface area contributed by atoms with Gasteiger partial charge in [0, 0.05) is 18.4 Å². The highest BCUT2D eigenvalue weighted by molar-refractivity contribution is 5.49. The third kappa shape index (κ3) is 1.76. The third-order valence-electron chi connectivity index (χ3n) is 1.29. The predicted molar refractivity (Wildman–Crippen MR) is 34.5 cm³/mol. The molecule has 0 radical (unpaired) electrons. The number of hydrogen-bond donors (Lipinski definition) is 2. The molecule has 1 rings (SSSR count). The van der Waals surface area contributed by atoms with Crippen molar-refractivity contribution < 1.29 is 4.79 Å². The van der Waals surface area contributed by atoms with Gasteiger partial charge in [-0.15, -0.1) is 0 Å². The fourth-order valence-corrected chi connectivity index (χ4v) is 0.838. The molecular weight excluding hydrogens is 116 g/mol. The SMILES string of the molecule is O=CNC1=CNCCC1. The van der Waals surface area contributed by atoms with Crippen LogP contribution in [0.15, 0.2) is 11.9 Å². The van der Waals surface area contributed by atoms with Gasteiger partial charge in [-0.3, -0.25) is 4.79 Å². The first-order valence-electron chi connectivity index (χ1n) is 3.06. The highest BCUT2D eigenvalue weighted by atomic mass is 16.1. The summed E-state index contributed by atoms with van der Waals surface area (Å²) in [7, 11) is 0. The van der Waals surface area contributed by atoms with Crippen molar-refractivity contribution in [3.8, 4) is 0 Å². The molecule has 9 heavy (non-hydrogen) atoms. The summed E-state index contributed by atoms with van der Waals surface area (Å²) in [6.07, 6.45) is 4.63. The second kappa shape index (κ2) is 3.12. The fourth-order valence-electron chi connectivity index (χ4n) is 0.838. The molecule has 0 spiro atoms. The Morgan fingerprint density at radius 2 is 2.67 bits per heavy atom. The van der Waals surface area contributed by atoms with E-state index < -0.39 is 0 Å². The lowest BCUT2D eigenvalue weighted by molar-refractivity contribution is -0.109. The second-order valence-corrected chi connectivity index (χ2v) is 1.99. The smallest absolute Gasteiger partial charge is 0.211 e. The molecule has 0 aromatic carbocycles. The molecule has 0 atom stereocenters. The first-order valence-corrected chi connectivity index (χ1v) is 3.06. The zero-order chi connectivity index (χ0) is 6.53. The molecule has 3 heteroatoms. The van der Waals surface area contributed by atoms with E-state index in [0.29, 0.717) is 6.41 Å². The highest BCUT2D eigenvalue weighted by Gasteiger charge is 1.99. The Labute approximate surface area is 54.1 Å². The minimum absolute atomic E-state index is 0.707. The molecule has 0 aromatic rings. The van der Waals surface area contributed by atoms with Crippen molar-refractivity contribution in [2.45, 2.75) is 12.8 Å². The van der Waals surface area contributed by atoms with E-state index in [1.165, 1.54) is 0 Å². The van der Waals surface area contributed by atoms with Gasteiger partial charge in [0.1, 0.15) is 0 Å². The Hall–Kier alpha value is -0.990. The summed E-state index contributed by atoms with van der Waals surface area (Å²) >= 11 is 0. The summed E-state index contributed by atoms with van der Waals surface area (Å²) in [5.74, 6) is 0. The van der Waals surface area contributed by atoms with E-state index in [0.717, 1.165) is 25.1 Å². The number of hydrogen-bond acceptors (Lipinski definition) is 2. The maximum Gasteiger partial charge on any atom is 0.211 e. The first-order chi connectivity index (χ1) is 4.43. The zero-order valence-corrected chi connectivity index (χ0v) is 5.18. The van der Waals surface area contributed by atoms with Crippen molar-refractivity contribution >= 4 is 6.41 Å². The maximum absolute atomic E-state index is 9.89. The van der Waals surface area contributed by atoms with Crippen LogP contribution in [-0.2, 0) is 4.79 Å². The summed E-state index contributed by atoms with van der Waals surface area (Å²) in [6, 6.07) is 0. The van der Waals surface area contributed by atoms with Gasteiger partial charge < -0.3 is 10.6 Å². The minimum Gasteiger partial charge on any atom is -0.389 e. The number of carbonyl (C=O) groups is 1. The zero-order valence-electron chi connectivity index (χ0n) is 5.18. The van der Waals surface area contributed by atoms with Gasteiger partial charge in [0.15, 0.2) is 0 Å². The van der Waals surface area contributed by atoms with E-state index in [1.54, 1.807) is 0 Å². The van der Waals surface area contributed by atoms with Crippen molar-refractivity contribution in [1.29, 1.82) is 0 Å². The topological polar surface area (TPSA) is 41.1 Å². The van der Waals surface area contributed by atoms with Crippen LogP contribution in [0.1, 0.15) is 12.8 Å². The molecule has 0 saturated heterocycles. The van der Waals surface area contributed by atoms with E-state index in [4.69, 9.17) is 0 Å². The molecule has 1 amide bonds. The van der Waals surface area contributed by atoms with Gasteiger partial charge >= 0.3 is 0 Å². The van der Waals surface area contributed by atoms with Crippen LogP contribution >= 0.6 is 0 Å². The molecule has 0 aliphatic carbocycles. The Kier molecular flexibility index (Phi) is 2.13. The van der Waals surface area contributed by atoms with E-state index in [2.05, 4.69) is 10.6 Å². The molecule has 1 heterocycles. The summed E-state index contributed by atoms with van der Waals surface area (Å²) in [5, 5.41) is 5.64. The molecule has 0 saturated carbocycles. The lowest BCUT2D eigenvalue weighted by Crippen LogP contribution is -2.21. The number of allylic oxidation sites excluding steroid dienone is 1. The van der Waals surface area contributed by atoms with Crippen molar-refractivity contribution in [3.63, 3.8) is 0 Å². The van der Waals surface area contributed by atoms with Gasteiger partial charge in [0.2, 0.25) is 6.41 Å². The summed E-state index contributed by atoms with van der Waals surface area (Å²) in [5.41, 5.74) is 0.983. The van der Waals surface area contributed by atoms with Crippen LogP contribution < -0.4 is 10.6 Å². The molecule has 0 aromatic heterocycles. The number of carbonyl (C=O) groups excluding carboxylic acids is 1.